The van der Waals surface area contributed by atoms with E-state index < -0.39 is 0 Å². The summed E-state index contributed by atoms with van der Waals surface area (Å²) in [6.07, 6.45) is 1.83. The van der Waals surface area contributed by atoms with Gasteiger partial charge in [-0.1, -0.05) is 35.3 Å². The second-order valence-electron chi connectivity index (χ2n) is 4.36. The van der Waals surface area contributed by atoms with Crippen LogP contribution in [0.25, 0.3) is 10.6 Å². The number of rotatable bonds is 3. The van der Waals surface area contributed by atoms with Crippen molar-refractivity contribution in [3.8, 4) is 10.6 Å². The van der Waals surface area contributed by atoms with Crippen LogP contribution in [0, 0.1) is 0 Å². The van der Waals surface area contributed by atoms with E-state index in [1.807, 2.05) is 47.3 Å². The Kier molecular flexibility index (Phi) is 3.70. The molecule has 102 valence electrons. The fourth-order valence-corrected chi connectivity index (χ4v) is 3.10. The highest BCUT2D eigenvalue weighted by Gasteiger charge is 2.11. The van der Waals surface area contributed by atoms with Crippen LogP contribution in [0.5, 0.6) is 0 Å². The Morgan fingerprint density at radius 2 is 1.85 bits per heavy atom. The molecule has 3 aromatic rings. The third-order valence-electron chi connectivity index (χ3n) is 2.85. The van der Waals surface area contributed by atoms with Crippen LogP contribution in [0.4, 0.5) is 5.69 Å². The lowest BCUT2D eigenvalue weighted by Crippen LogP contribution is -1.99. The van der Waals surface area contributed by atoms with Gasteiger partial charge in [-0.2, -0.15) is 5.10 Å². The molecule has 0 aliphatic carbocycles. The molecule has 0 amide bonds. The van der Waals surface area contributed by atoms with Crippen LogP contribution in [0.3, 0.4) is 0 Å². The molecule has 3 rings (SSSR count). The van der Waals surface area contributed by atoms with E-state index in [0.29, 0.717) is 12.2 Å². The number of hydrogen-bond donors (Lipinski definition) is 1. The van der Waals surface area contributed by atoms with Crippen LogP contribution < -0.4 is 5.73 Å². The molecule has 0 saturated heterocycles. The average molecular weight is 324 g/mol. The molecule has 0 fully saturated rings. The molecular formula is C14H11Cl2N3S. The lowest BCUT2D eigenvalue weighted by Gasteiger charge is -2.01. The van der Waals surface area contributed by atoms with Crippen LogP contribution >= 0.6 is 34.5 Å². The second kappa shape index (κ2) is 5.48. The van der Waals surface area contributed by atoms with Gasteiger partial charge < -0.3 is 5.73 Å². The van der Waals surface area contributed by atoms with Gasteiger partial charge in [-0.05, 0) is 29.8 Å². The monoisotopic (exact) mass is 323 g/mol. The van der Waals surface area contributed by atoms with Crippen molar-refractivity contribution in [2.75, 3.05) is 5.73 Å². The van der Waals surface area contributed by atoms with Gasteiger partial charge in [0, 0.05) is 11.2 Å². The summed E-state index contributed by atoms with van der Waals surface area (Å²) in [5, 5.41) is 5.25. The Morgan fingerprint density at radius 1 is 1.10 bits per heavy atom. The Bertz CT molecular complexity index is 731. The maximum atomic E-state index is 6.02. The van der Waals surface area contributed by atoms with E-state index in [-0.39, 0.29) is 0 Å². The summed E-state index contributed by atoms with van der Waals surface area (Å²) in [6, 6.07) is 11.5. The number of thiophene rings is 1. The van der Waals surface area contributed by atoms with Gasteiger partial charge in [0.2, 0.25) is 0 Å². The first-order valence-corrected chi connectivity index (χ1v) is 7.52. The van der Waals surface area contributed by atoms with Crippen molar-refractivity contribution in [2.45, 2.75) is 6.54 Å². The molecule has 0 bridgehead atoms. The van der Waals surface area contributed by atoms with Crippen molar-refractivity contribution in [3.63, 3.8) is 0 Å². The number of hydrogen-bond acceptors (Lipinski definition) is 3. The average Bonchev–Trinajstić information content (AvgIpc) is 2.98. The Hall–Kier alpha value is -1.49. The molecule has 2 aromatic heterocycles. The number of nitrogen functional groups attached to an aromatic ring is 1. The standard InChI is InChI=1S/C14H11Cl2N3S/c15-10-3-1-9(2-4-10)7-19-8-11(17)14(18-19)12-5-6-13(16)20-12/h1-6,8H,7,17H2. The maximum Gasteiger partial charge on any atom is 0.125 e. The summed E-state index contributed by atoms with van der Waals surface area (Å²) >= 11 is 13.3. The van der Waals surface area contributed by atoms with Crippen molar-refractivity contribution in [1.82, 2.24) is 9.78 Å². The maximum absolute atomic E-state index is 6.02. The van der Waals surface area contributed by atoms with Crippen molar-refractivity contribution in [2.24, 2.45) is 0 Å². The topological polar surface area (TPSA) is 43.8 Å². The van der Waals surface area contributed by atoms with Crippen LogP contribution in [-0.2, 0) is 6.54 Å². The van der Waals surface area contributed by atoms with E-state index in [9.17, 15) is 0 Å². The lowest BCUT2D eigenvalue weighted by molar-refractivity contribution is 0.690. The van der Waals surface area contributed by atoms with Gasteiger partial charge >= 0.3 is 0 Å². The van der Waals surface area contributed by atoms with E-state index >= 15 is 0 Å². The molecule has 3 nitrogen and oxygen atoms in total. The third kappa shape index (κ3) is 2.82. The summed E-state index contributed by atoms with van der Waals surface area (Å²) in [7, 11) is 0. The summed E-state index contributed by atoms with van der Waals surface area (Å²) in [5.74, 6) is 0. The van der Waals surface area contributed by atoms with Crippen molar-refractivity contribution in [1.29, 1.82) is 0 Å². The van der Waals surface area contributed by atoms with Gasteiger partial charge in [0.15, 0.2) is 0 Å². The molecule has 0 radical (unpaired) electrons. The predicted octanol–water partition coefficient (Wildman–Crippen LogP) is 4.55. The van der Waals surface area contributed by atoms with Crippen molar-refractivity contribution in [3.05, 3.63) is 57.5 Å². The fourth-order valence-electron chi connectivity index (χ4n) is 1.93. The minimum absolute atomic E-state index is 0.650. The molecule has 0 aliphatic heterocycles. The van der Waals surface area contributed by atoms with Crippen molar-refractivity contribution >= 4 is 40.2 Å². The smallest absolute Gasteiger partial charge is 0.125 e. The van der Waals surface area contributed by atoms with E-state index in [0.717, 1.165) is 25.5 Å². The van der Waals surface area contributed by atoms with Gasteiger partial charge in [0.05, 0.1) is 21.4 Å². The number of aromatic nitrogens is 2. The minimum atomic E-state index is 0.650. The normalized spacial score (nSPS) is 10.9. The van der Waals surface area contributed by atoms with E-state index in [1.165, 1.54) is 11.3 Å². The van der Waals surface area contributed by atoms with Crippen LogP contribution in [0.1, 0.15) is 5.56 Å². The zero-order chi connectivity index (χ0) is 14.1. The highest BCUT2D eigenvalue weighted by molar-refractivity contribution is 7.19. The highest BCUT2D eigenvalue weighted by atomic mass is 35.5. The number of halogens is 2. The van der Waals surface area contributed by atoms with E-state index in [4.69, 9.17) is 28.9 Å². The van der Waals surface area contributed by atoms with Gasteiger partial charge in [-0.25, -0.2) is 0 Å². The molecule has 0 atom stereocenters. The largest absolute Gasteiger partial charge is 0.396 e. The molecule has 0 spiro atoms. The van der Waals surface area contributed by atoms with Gasteiger partial charge in [-0.3, -0.25) is 4.68 Å². The Morgan fingerprint density at radius 3 is 2.50 bits per heavy atom. The molecule has 1 aromatic carbocycles. The van der Waals surface area contributed by atoms with Crippen LogP contribution in [0.2, 0.25) is 9.36 Å². The first-order valence-electron chi connectivity index (χ1n) is 5.95. The van der Waals surface area contributed by atoms with E-state index in [2.05, 4.69) is 5.10 Å². The highest BCUT2D eigenvalue weighted by Crippen LogP contribution is 2.33. The molecule has 0 unspecified atom stereocenters. The SMILES string of the molecule is Nc1cn(Cc2ccc(Cl)cc2)nc1-c1ccc(Cl)s1. The summed E-state index contributed by atoms with van der Waals surface area (Å²) in [6.45, 7) is 0.653. The van der Waals surface area contributed by atoms with Gasteiger partial charge in [0.1, 0.15) is 5.69 Å². The fraction of sp³-hybridized carbons (Fsp3) is 0.0714. The summed E-state index contributed by atoms with van der Waals surface area (Å²) in [5.41, 5.74) is 8.56. The number of nitrogens with two attached hydrogens (primary N) is 1. The summed E-state index contributed by atoms with van der Waals surface area (Å²) < 4.78 is 2.55. The minimum Gasteiger partial charge on any atom is -0.396 e. The Balaban J connectivity index is 1.87. The Labute approximate surface area is 130 Å². The third-order valence-corrected chi connectivity index (χ3v) is 4.34. The first kappa shape index (κ1) is 13.5. The van der Waals surface area contributed by atoms with Gasteiger partial charge in [0.25, 0.3) is 0 Å². The quantitative estimate of drug-likeness (QED) is 0.768. The molecule has 0 aliphatic rings. The molecular weight excluding hydrogens is 313 g/mol. The number of nitrogens with zero attached hydrogens (tertiary/aromatic N) is 2. The van der Waals surface area contributed by atoms with Crippen molar-refractivity contribution < 1.29 is 0 Å². The van der Waals surface area contributed by atoms with Crippen LogP contribution in [0.15, 0.2) is 42.6 Å². The zero-order valence-electron chi connectivity index (χ0n) is 10.4. The molecule has 0 saturated carbocycles. The number of anilines is 1. The molecule has 2 heterocycles. The lowest BCUT2D eigenvalue weighted by atomic mass is 10.2. The second-order valence-corrected chi connectivity index (χ2v) is 6.51. The first-order chi connectivity index (χ1) is 9.61. The van der Waals surface area contributed by atoms with Crippen LogP contribution in [-0.4, -0.2) is 9.78 Å². The predicted molar refractivity (Wildman–Crippen MR) is 85.5 cm³/mol. The van der Waals surface area contributed by atoms with E-state index in [1.54, 1.807) is 0 Å². The molecule has 20 heavy (non-hydrogen) atoms. The summed E-state index contributed by atoms with van der Waals surface area (Å²) in [4.78, 5) is 0.974. The van der Waals surface area contributed by atoms with Gasteiger partial charge in [-0.15, -0.1) is 11.3 Å². The molecule has 2 N–H and O–H groups in total. The zero-order valence-corrected chi connectivity index (χ0v) is 12.7. The number of benzene rings is 1. The molecule has 6 heteroatoms.